The number of hydrogen-bond donors (Lipinski definition) is 0. The fourth-order valence-electron chi connectivity index (χ4n) is 13.7. The molecule has 8 aromatic carbocycles. The standard InChI is InChI=1S/C66H55F2N3/c1-63(2)53-17-12-10-15-47(53)49-32-42(29-31-54(49)63)69(40-24-20-38(67)21-25-40)44-33-50-51-34-45(37-59-61(51)71-60(50)58(36-44)65(5,6)55-18-13-19-56(62(55)71)66(59,7)8)70(41-26-22-39(68)23-27-41)43-28-30-48-46-14-9-11-16-52(46)64(3,4)57(48)35-43/h9-22,24-37,39H,23H2,1-8H3. The Balaban J connectivity index is 1.06. The molecule has 0 N–H and O–H groups in total. The van der Waals surface area contributed by atoms with E-state index in [9.17, 15) is 4.39 Å². The van der Waals surface area contributed by atoms with Gasteiger partial charge in [-0.1, -0.05) is 140 Å². The first-order valence-corrected chi connectivity index (χ1v) is 25.2. The largest absolute Gasteiger partial charge is 0.311 e. The van der Waals surface area contributed by atoms with Crippen molar-refractivity contribution in [3.63, 3.8) is 0 Å². The van der Waals surface area contributed by atoms with E-state index in [1.807, 2.05) is 18.2 Å². The van der Waals surface area contributed by atoms with Gasteiger partial charge < -0.3 is 14.4 Å². The summed E-state index contributed by atoms with van der Waals surface area (Å²) < 4.78 is 32.6. The lowest BCUT2D eigenvalue weighted by Crippen LogP contribution is -2.33. The van der Waals surface area contributed by atoms with Crippen molar-refractivity contribution < 1.29 is 8.78 Å². The zero-order valence-corrected chi connectivity index (χ0v) is 41.5. The molecule has 0 spiro atoms. The zero-order valence-electron chi connectivity index (χ0n) is 41.5. The van der Waals surface area contributed by atoms with E-state index in [2.05, 4.69) is 203 Å². The second-order valence-corrected chi connectivity index (χ2v) is 22.8. The van der Waals surface area contributed by atoms with Crippen LogP contribution in [0, 0.1) is 5.82 Å². The smallest absolute Gasteiger partial charge is 0.123 e. The van der Waals surface area contributed by atoms with Gasteiger partial charge in [-0.05, 0) is 152 Å². The van der Waals surface area contributed by atoms with E-state index in [1.165, 1.54) is 83.5 Å². The fourth-order valence-corrected chi connectivity index (χ4v) is 13.7. The van der Waals surface area contributed by atoms with E-state index >= 15 is 4.39 Å². The Morgan fingerprint density at radius 1 is 0.437 bits per heavy atom. The summed E-state index contributed by atoms with van der Waals surface area (Å²) in [5.41, 5.74) is 23.9. The van der Waals surface area contributed by atoms with Gasteiger partial charge in [0.05, 0.1) is 16.7 Å². The van der Waals surface area contributed by atoms with Crippen molar-refractivity contribution in [2.45, 2.75) is 89.6 Å². The Morgan fingerprint density at radius 3 is 1.54 bits per heavy atom. The predicted octanol–water partition coefficient (Wildman–Crippen LogP) is 17.6. The number of alkyl halides is 1. The van der Waals surface area contributed by atoms with Gasteiger partial charge in [0.25, 0.3) is 0 Å². The number of fused-ring (bicyclic) bond motifs is 7. The summed E-state index contributed by atoms with van der Waals surface area (Å²) in [6, 6.07) is 54.8. The van der Waals surface area contributed by atoms with Gasteiger partial charge in [0.2, 0.25) is 0 Å². The van der Waals surface area contributed by atoms with Crippen LogP contribution in [0.4, 0.5) is 37.2 Å². The van der Waals surface area contributed by atoms with E-state index in [1.54, 1.807) is 18.2 Å². The van der Waals surface area contributed by atoms with E-state index in [4.69, 9.17) is 0 Å². The topological polar surface area (TPSA) is 11.4 Å². The third-order valence-corrected chi connectivity index (χ3v) is 17.4. The van der Waals surface area contributed by atoms with Crippen LogP contribution in [-0.2, 0) is 21.7 Å². The molecule has 2 aliphatic heterocycles. The summed E-state index contributed by atoms with van der Waals surface area (Å²) >= 11 is 0. The molecule has 3 nitrogen and oxygen atoms in total. The molecule has 0 amide bonds. The van der Waals surface area contributed by atoms with Crippen molar-refractivity contribution in [1.82, 2.24) is 4.57 Å². The Kier molecular flexibility index (Phi) is 8.41. The number of para-hydroxylation sites is 1. The second kappa shape index (κ2) is 14.1. The van der Waals surface area contributed by atoms with E-state index in [0.29, 0.717) is 6.42 Å². The lowest BCUT2D eigenvalue weighted by molar-refractivity contribution is 0.400. The van der Waals surface area contributed by atoms with Crippen molar-refractivity contribution >= 4 is 50.2 Å². The molecule has 0 saturated heterocycles. The van der Waals surface area contributed by atoms with Crippen LogP contribution >= 0.6 is 0 Å². The predicted molar refractivity (Wildman–Crippen MR) is 290 cm³/mol. The number of halogens is 2. The summed E-state index contributed by atoms with van der Waals surface area (Å²) in [4.78, 5) is 4.69. The molecule has 0 saturated carbocycles. The molecule has 348 valence electrons. The highest BCUT2D eigenvalue weighted by Gasteiger charge is 2.45. The van der Waals surface area contributed by atoms with Crippen molar-refractivity contribution in [3.8, 4) is 27.9 Å². The first-order valence-electron chi connectivity index (χ1n) is 25.2. The molecule has 5 aliphatic rings. The maximum Gasteiger partial charge on any atom is 0.123 e. The molecule has 3 aliphatic carbocycles. The molecule has 1 atom stereocenters. The van der Waals surface area contributed by atoms with Crippen molar-refractivity contribution in [3.05, 3.63) is 226 Å². The van der Waals surface area contributed by atoms with Crippen molar-refractivity contribution in [2.75, 3.05) is 9.80 Å². The molecule has 3 heterocycles. The second-order valence-electron chi connectivity index (χ2n) is 22.8. The highest BCUT2D eigenvalue weighted by atomic mass is 19.1. The fraction of sp³-hybridized carbons (Fsp3) is 0.212. The van der Waals surface area contributed by atoms with Crippen LogP contribution in [0.5, 0.6) is 0 Å². The van der Waals surface area contributed by atoms with Crippen LogP contribution in [0.25, 0.3) is 49.7 Å². The Morgan fingerprint density at radius 2 is 0.915 bits per heavy atom. The van der Waals surface area contributed by atoms with E-state index in [0.717, 1.165) is 44.9 Å². The molecule has 1 unspecified atom stereocenters. The molecule has 1 aromatic heterocycles. The van der Waals surface area contributed by atoms with Crippen molar-refractivity contribution in [2.24, 2.45) is 0 Å². The maximum absolute atomic E-state index is 15.1. The molecule has 9 aromatic rings. The van der Waals surface area contributed by atoms with Gasteiger partial charge in [0, 0.05) is 73.0 Å². The highest BCUT2D eigenvalue weighted by Crippen LogP contribution is 2.59. The van der Waals surface area contributed by atoms with Crippen LogP contribution in [0.2, 0.25) is 0 Å². The highest BCUT2D eigenvalue weighted by molar-refractivity contribution is 6.16. The number of rotatable bonds is 6. The summed E-state index contributed by atoms with van der Waals surface area (Å²) in [5.74, 6) is -0.271. The van der Waals surface area contributed by atoms with Crippen LogP contribution in [0.1, 0.15) is 106 Å². The molecule has 5 heteroatoms. The van der Waals surface area contributed by atoms with Crippen LogP contribution in [0.15, 0.2) is 176 Å². The molecule has 0 fully saturated rings. The minimum atomic E-state index is -1.03. The molecule has 0 bridgehead atoms. The monoisotopic (exact) mass is 927 g/mol. The molecular formula is C66H55F2N3. The van der Waals surface area contributed by atoms with Gasteiger partial charge >= 0.3 is 0 Å². The molecule has 14 rings (SSSR count). The SMILES string of the molecule is CC1(C)c2ccccc2-c2cc(N(c3ccc(F)cc3)c3cc4c5c(c3)c3cc(N(C6=CCC(F)C=C6)c6ccc7c(c6)C(C)(C)c6ccccc6-7)cc6c3n5-c3c(cccc3C4(C)C)C6(C)C)ccc21. The number of aromatic nitrogens is 1. The average molecular weight is 928 g/mol. The van der Waals surface area contributed by atoms with E-state index in [-0.39, 0.29) is 27.5 Å². The molecule has 0 radical (unpaired) electrons. The lowest BCUT2D eigenvalue weighted by Gasteiger charge is -2.42. The maximum atomic E-state index is 15.1. The average Bonchev–Trinajstić information content (AvgIpc) is 3.90. The Labute approximate surface area is 415 Å². The minimum absolute atomic E-state index is 0.145. The van der Waals surface area contributed by atoms with Crippen LogP contribution in [-0.4, -0.2) is 10.7 Å². The first kappa shape index (κ1) is 42.4. The van der Waals surface area contributed by atoms with Gasteiger partial charge in [-0.15, -0.1) is 0 Å². The summed E-state index contributed by atoms with van der Waals surface area (Å²) in [6.07, 6.45) is 5.02. The van der Waals surface area contributed by atoms with Gasteiger partial charge in [-0.3, -0.25) is 0 Å². The van der Waals surface area contributed by atoms with Gasteiger partial charge in [0.15, 0.2) is 0 Å². The van der Waals surface area contributed by atoms with Crippen LogP contribution in [0.3, 0.4) is 0 Å². The lowest BCUT2D eigenvalue weighted by atomic mass is 9.68. The van der Waals surface area contributed by atoms with Crippen LogP contribution < -0.4 is 9.80 Å². The third-order valence-electron chi connectivity index (χ3n) is 17.4. The summed E-state index contributed by atoms with van der Waals surface area (Å²) in [6.45, 7) is 18.8. The molecular weight excluding hydrogens is 873 g/mol. The van der Waals surface area contributed by atoms with Gasteiger partial charge in [-0.25, -0.2) is 8.78 Å². The Bertz CT molecular complexity index is 3890. The number of benzene rings is 8. The molecule has 71 heavy (non-hydrogen) atoms. The Hall–Kier alpha value is -7.50. The van der Waals surface area contributed by atoms with Gasteiger partial charge in [0.1, 0.15) is 12.0 Å². The van der Waals surface area contributed by atoms with E-state index < -0.39 is 6.17 Å². The number of anilines is 5. The number of allylic oxidation sites excluding steroid dienone is 3. The quantitative estimate of drug-likeness (QED) is 0.165. The third kappa shape index (κ3) is 5.58. The number of nitrogens with zero attached hydrogens (tertiary/aromatic N) is 3. The first-order chi connectivity index (χ1) is 34.0. The zero-order chi connectivity index (χ0) is 48.7. The van der Waals surface area contributed by atoms with Crippen molar-refractivity contribution in [1.29, 1.82) is 0 Å². The minimum Gasteiger partial charge on any atom is -0.311 e. The summed E-state index contributed by atoms with van der Waals surface area (Å²) in [7, 11) is 0. The normalized spacial score (nSPS) is 18.3. The summed E-state index contributed by atoms with van der Waals surface area (Å²) in [5, 5.41) is 2.32. The number of hydrogen-bond acceptors (Lipinski definition) is 2. The van der Waals surface area contributed by atoms with Gasteiger partial charge in [-0.2, -0.15) is 0 Å².